The van der Waals surface area contributed by atoms with Crippen LogP contribution in [0.1, 0.15) is 72.5 Å². The summed E-state index contributed by atoms with van der Waals surface area (Å²) in [6, 6.07) is 8.75. The van der Waals surface area contributed by atoms with Crippen LogP contribution in [0.4, 0.5) is 4.39 Å². The van der Waals surface area contributed by atoms with Crippen LogP contribution in [-0.4, -0.2) is 44.2 Å². The number of rotatable bonds is 11. The van der Waals surface area contributed by atoms with Gasteiger partial charge >= 0.3 is 0 Å². The first-order chi connectivity index (χ1) is 17.5. The number of halogens is 1. The second kappa shape index (κ2) is 11.9. The lowest BCUT2D eigenvalue weighted by molar-refractivity contribution is 0.0923. The normalized spacial score (nSPS) is 14.5. The predicted octanol–water partition coefficient (Wildman–Crippen LogP) is 5.29. The Balaban J connectivity index is 1.57. The maximum Gasteiger partial charge on any atom is 0.255 e. The maximum absolute atomic E-state index is 13.5. The van der Waals surface area contributed by atoms with Gasteiger partial charge in [0.2, 0.25) is 5.89 Å². The van der Waals surface area contributed by atoms with Crippen LogP contribution in [0.2, 0.25) is 0 Å². The average molecular weight is 497 g/mol. The zero-order valence-corrected chi connectivity index (χ0v) is 20.7. The van der Waals surface area contributed by atoms with E-state index < -0.39 is 12.7 Å². The minimum atomic E-state index is -0.836. The van der Waals surface area contributed by atoms with Gasteiger partial charge in [-0.25, -0.2) is 9.37 Å². The topological polar surface area (TPSA) is 109 Å². The molecule has 0 spiro atoms. The molecule has 0 bridgehead atoms. The number of nitrogens with one attached hydrogen (secondary N) is 3. The van der Waals surface area contributed by atoms with Gasteiger partial charge in [0.15, 0.2) is 0 Å². The third-order valence-electron chi connectivity index (χ3n) is 6.67. The molecule has 9 heteroatoms. The number of carbonyl (C=O) groups is 1. The smallest absolute Gasteiger partial charge is 0.255 e. The zero-order chi connectivity index (χ0) is 25.5. The van der Waals surface area contributed by atoms with Crippen molar-refractivity contribution in [2.45, 2.75) is 50.5 Å². The number of benzene rings is 2. The number of carbonyl (C=O) groups excluding carboxylic acids is 1. The van der Waals surface area contributed by atoms with Gasteiger partial charge in [0.1, 0.15) is 35.8 Å². The molecule has 1 amide bonds. The highest BCUT2D eigenvalue weighted by Crippen LogP contribution is 2.36. The summed E-state index contributed by atoms with van der Waals surface area (Å²) in [7, 11) is 3.13. The Morgan fingerprint density at radius 1 is 1.22 bits per heavy atom. The van der Waals surface area contributed by atoms with Crippen LogP contribution in [0.15, 0.2) is 40.9 Å². The first-order valence-corrected chi connectivity index (χ1v) is 12.3. The number of aromatic nitrogens is 1. The Labute approximate surface area is 210 Å². The summed E-state index contributed by atoms with van der Waals surface area (Å²) >= 11 is 0. The van der Waals surface area contributed by atoms with Gasteiger partial charge in [-0.05, 0) is 49.3 Å². The molecule has 192 valence electrons. The number of hydrogen-bond donors (Lipinski definition) is 3. The number of ether oxygens (including phenoxy) is 2. The van der Waals surface area contributed by atoms with E-state index in [-0.39, 0.29) is 11.7 Å². The lowest BCUT2D eigenvalue weighted by Gasteiger charge is -2.18. The molecular formula is C27H33FN4O4. The van der Waals surface area contributed by atoms with Gasteiger partial charge in [-0.3, -0.25) is 10.2 Å². The van der Waals surface area contributed by atoms with Crippen molar-refractivity contribution in [1.29, 1.82) is 5.41 Å². The molecule has 0 aliphatic heterocycles. The van der Waals surface area contributed by atoms with E-state index in [1.54, 1.807) is 25.4 Å². The molecule has 1 atom stereocenters. The van der Waals surface area contributed by atoms with Crippen molar-refractivity contribution in [3.05, 3.63) is 53.7 Å². The Bertz CT molecular complexity index is 1210. The van der Waals surface area contributed by atoms with E-state index in [9.17, 15) is 9.18 Å². The highest BCUT2D eigenvalue weighted by atomic mass is 19.1. The molecule has 0 saturated heterocycles. The van der Waals surface area contributed by atoms with E-state index in [0.29, 0.717) is 48.3 Å². The fourth-order valence-corrected chi connectivity index (χ4v) is 4.75. The maximum atomic E-state index is 13.5. The van der Waals surface area contributed by atoms with E-state index in [1.165, 1.54) is 20.0 Å². The lowest BCUT2D eigenvalue weighted by atomic mass is 10.0. The number of alkyl halides is 1. The second-order valence-electron chi connectivity index (χ2n) is 9.02. The van der Waals surface area contributed by atoms with Crippen LogP contribution in [0.25, 0.3) is 10.8 Å². The molecule has 1 unspecified atom stereocenters. The van der Waals surface area contributed by atoms with Crippen molar-refractivity contribution in [2.75, 3.05) is 27.4 Å². The zero-order valence-electron chi connectivity index (χ0n) is 20.7. The summed E-state index contributed by atoms with van der Waals surface area (Å²) in [5, 5.41) is 14.9. The molecule has 1 aromatic heterocycles. The van der Waals surface area contributed by atoms with Crippen LogP contribution >= 0.6 is 0 Å². The van der Waals surface area contributed by atoms with Crippen LogP contribution in [0.5, 0.6) is 11.5 Å². The molecule has 1 aliphatic rings. The predicted molar refractivity (Wildman–Crippen MR) is 136 cm³/mol. The monoisotopic (exact) mass is 496 g/mol. The summed E-state index contributed by atoms with van der Waals surface area (Å²) in [6.45, 7) is -0.429. The third kappa shape index (κ3) is 5.78. The van der Waals surface area contributed by atoms with Crippen molar-refractivity contribution >= 4 is 22.5 Å². The number of amidine groups is 1. The van der Waals surface area contributed by atoms with Crippen molar-refractivity contribution in [2.24, 2.45) is 0 Å². The number of fused-ring (bicyclic) bond motifs is 1. The fraction of sp³-hybridized carbons (Fsp3) is 0.444. The van der Waals surface area contributed by atoms with E-state index in [4.69, 9.17) is 19.3 Å². The van der Waals surface area contributed by atoms with Crippen LogP contribution in [-0.2, 0) is 0 Å². The van der Waals surface area contributed by atoms with E-state index in [1.807, 2.05) is 18.2 Å². The molecule has 3 aromatic rings. The number of hydrogen-bond acceptors (Lipinski definition) is 6. The van der Waals surface area contributed by atoms with Crippen molar-refractivity contribution in [3.8, 4) is 11.5 Å². The molecule has 36 heavy (non-hydrogen) atoms. The summed E-state index contributed by atoms with van der Waals surface area (Å²) < 4.78 is 29.7. The second-order valence-corrected chi connectivity index (χ2v) is 9.02. The van der Waals surface area contributed by atoms with Crippen LogP contribution < -0.4 is 20.1 Å². The Kier molecular flexibility index (Phi) is 8.40. The van der Waals surface area contributed by atoms with Gasteiger partial charge in [-0.15, -0.1) is 0 Å². The largest absolute Gasteiger partial charge is 0.496 e. The van der Waals surface area contributed by atoms with Crippen LogP contribution in [0, 0.1) is 5.41 Å². The highest BCUT2D eigenvalue weighted by molar-refractivity contribution is 6.03. The minimum Gasteiger partial charge on any atom is -0.496 e. The summed E-state index contributed by atoms with van der Waals surface area (Å²) in [4.78, 5) is 18.0. The molecule has 0 radical (unpaired) electrons. The fourth-order valence-electron chi connectivity index (χ4n) is 4.75. The number of methoxy groups -OCH3 is 2. The summed E-state index contributed by atoms with van der Waals surface area (Å²) in [5.74, 6) is 2.33. The average Bonchev–Trinajstić information content (AvgIpc) is 3.61. The molecule has 1 fully saturated rings. The molecule has 1 saturated carbocycles. The minimum absolute atomic E-state index is 0.161. The Morgan fingerprint density at radius 2 is 2.00 bits per heavy atom. The molecule has 4 rings (SSSR count). The van der Waals surface area contributed by atoms with Gasteiger partial charge in [0, 0.05) is 17.8 Å². The first kappa shape index (κ1) is 25.5. The number of oxazole rings is 1. The molecular weight excluding hydrogens is 463 g/mol. The molecule has 8 nitrogen and oxygen atoms in total. The van der Waals surface area contributed by atoms with Gasteiger partial charge in [0.25, 0.3) is 5.91 Å². The molecule has 1 heterocycles. The number of amides is 1. The molecule has 1 aliphatic carbocycles. The SMILES string of the molecule is COc1cc2c(OC)cccc2cc1C(=O)NC(CCCNC(=N)CF)c1ncc(C2CCCC2)o1. The lowest BCUT2D eigenvalue weighted by Crippen LogP contribution is -2.31. The third-order valence-corrected chi connectivity index (χ3v) is 6.67. The van der Waals surface area contributed by atoms with Crippen molar-refractivity contribution in [1.82, 2.24) is 15.6 Å². The number of nitrogens with zero attached hydrogens (tertiary/aromatic N) is 1. The quantitative estimate of drug-likeness (QED) is 0.189. The molecule has 2 aromatic carbocycles. The van der Waals surface area contributed by atoms with Gasteiger partial charge < -0.3 is 24.5 Å². The van der Waals surface area contributed by atoms with Crippen molar-refractivity contribution < 1.29 is 23.1 Å². The van der Waals surface area contributed by atoms with Crippen LogP contribution in [0.3, 0.4) is 0 Å². The van der Waals surface area contributed by atoms with Crippen molar-refractivity contribution in [3.63, 3.8) is 0 Å². The first-order valence-electron chi connectivity index (χ1n) is 12.3. The Morgan fingerprint density at radius 3 is 2.72 bits per heavy atom. The standard InChI is InChI=1S/C27H33FN4O4/c1-34-22-11-5-9-18-13-20(23(35-2)14-19(18)22)26(33)32-21(10-6-12-30-25(29)15-28)27-31-16-24(36-27)17-7-3-4-8-17/h5,9,11,13-14,16-17,21H,3-4,6-8,10,12,15H2,1-2H3,(H2,29,30)(H,32,33). The summed E-state index contributed by atoms with van der Waals surface area (Å²) in [6.07, 6.45) is 7.38. The molecule has 3 N–H and O–H groups in total. The van der Waals surface area contributed by atoms with Gasteiger partial charge in [-0.2, -0.15) is 0 Å². The van der Waals surface area contributed by atoms with E-state index in [0.717, 1.165) is 29.4 Å². The van der Waals surface area contributed by atoms with E-state index in [2.05, 4.69) is 15.6 Å². The van der Waals surface area contributed by atoms with E-state index >= 15 is 0 Å². The Hall–Kier alpha value is -3.62. The highest BCUT2D eigenvalue weighted by Gasteiger charge is 2.26. The van der Waals surface area contributed by atoms with Gasteiger partial charge in [-0.1, -0.05) is 25.0 Å². The summed E-state index contributed by atoms with van der Waals surface area (Å²) in [5.41, 5.74) is 0.392. The van der Waals surface area contributed by atoms with Gasteiger partial charge in [0.05, 0.1) is 26.0 Å².